The zero-order valence-corrected chi connectivity index (χ0v) is 17.1. The third-order valence-electron chi connectivity index (χ3n) is 4.20. The van der Waals surface area contributed by atoms with E-state index in [1.165, 1.54) is 0 Å². The monoisotopic (exact) mass is 393 g/mol. The summed E-state index contributed by atoms with van der Waals surface area (Å²) in [5.41, 5.74) is 1.02. The Balaban J connectivity index is 1.82. The van der Waals surface area contributed by atoms with E-state index < -0.39 is 16.1 Å². The number of nitrogens with one attached hydrogen (secondary N) is 1. The van der Waals surface area contributed by atoms with Gasteiger partial charge in [0.25, 0.3) is 0 Å². The van der Waals surface area contributed by atoms with Crippen LogP contribution < -0.4 is 4.72 Å². The van der Waals surface area contributed by atoms with Crippen LogP contribution in [0.4, 0.5) is 0 Å². The van der Waals surface area contributed by atoms with Crippen LogP contribution in [0.5, 0.6) is 0 Å². The maximum Gasteiger partial charge on any atom is 0.240 e. The van der Waals surface area contributed by atoms with Crippen molar-refractivity contribution in [1.82, 2.24) is 4.72 Å². The fourth-order valence-corrected chi connectivity index (χ4v) is 4.74. The number of aliphatic hydroxyl groups excluding tert-OH is 1. The Morgan fingerprint density at radius 1 is 1.08 bits per heavy atom. The first-order valence-corrected chi connectivity index (χ1v) is 11.0. The molecule has 2 aromatic carbocycles. The van der Waals surface area contributed by atoms with Crippen molar-refractivity contribution in [2.75, 3.05) is 6.54 Å². The summed E-state index contributed by atoms with van der Waals surface area (Å²) in [5.74, 6) is 0. The van der Waals surface area contributed by atoms with Gasteiger partial charge in [0.15, 0.2) is 0 Å². The fourth-order valence-electron chi connectivity index (χ4n) is 2.51. The smallest absolute Gasteiger partial charge is 0.240 e. The largest absolute Gasteiger partial charge is 0.392 e. The molecule has 26 heavy (non-hydrogen) atoms. The SMILES string of the molecule is Cc1ccc(S(=O)(=O)NCCCC(O)C(C)(C)Sc2ccccc2)cc1. The molecule has 2 rings (SSSR count). The van der Waals surface area contributed by atoms with Crippen LogP contribution in [0.25, 0.3) is 0 Å². The second-order valence-corrected chi connectivity index (χ2v) is 10.4. The minimum absolute atomic E-state index is 0.267. The van der Waals surface area contributed by atoms with E-state index in [9.17, 15) is 13.5 Å². The Bertz CT molecular complexity index is 788. The number of benzene rings is 2. The minimum atomic E-state index is -3.50. The summed E-state index contributed by atoms with van der Waals surface area (Å²) in [6, 6.07) is 16.7. The predicted molar refractivity (Wildman–Crippen MR) is 108 cm³/mol. The summed E-state index contributed by atoms with van der Waals surface area (Å²) in [7, 11) is -3.50. The van der Waals surface area contributed by atoms with Gasteiger partial charge in [-0.2, -0.15) is 0 Å². The molecule has 0 radical (unpaired) electrons. The second-order valence-electron chi connectivity index (χ2n) is 6.89. The molecule has 2 aromatic rings. The molecule has 1 atom stereocenters. The van der Waals surface area contributed by atoms with Crippen LogP contribution >= 0.6 is 11.8 Å². The summed E-state index contributed by atoms with van der Waals surface area (Å²) in [4.78, 5) is 1.38. The number of hydrogen-bond donors (Lipinski definition) is 2. The molecule has 0 aromatic heterocycles. The lowest BCUT2D eigenvalue weighted by Gasteiger charge is -2.30. The van der Waals surface area contributed by atoms with Gasteiger partial charge in [0.1, 0.15) is 0 Å². The highest BCUT2D eigenvalue weighted by atomic mass is 32.2. The van der Waals surface area contributed by atoms with E-state index in [4.69, 9.17) is 0 Å². The van der Waals surface area contributed by atoms with Crippen LogP contribution in [0.2, 0.25) is 0 Å². The number of thioether (sulfide) groups is 1. The highest BCUT2D eigenvalue weighted by Crippen LogP contribution is 2.36. The van der Waals surface area contributed by atoms with Gasteiger partial charge in [-0.1, -0.05) is 35.9 Å². The number of aliphatic hydroxyl groups is 1. The molecule has 0 bridgehead atoms. The number of aryl methyl sites for hydroxylation is 1. The standard InChI is InChI=1S/C20H27NO3S2/c1-16-11-13-18(14-12-16)26(23,24)21-15-7-10-19(22)20(2,3)25-17-8-5-4-6-9-17/h4-6,8-9,11-14,19,21-22H,7,10,15H2,1-3H3. The molecule has 4 nitrogen and oxygen atoms in total. The van der Waals surface area contributed by atoms with Crippen molar-refractivity contribution in [3.63, 3.8) is 0 Å². The normalized spacial score (nSPS) is 13.5. The molecule has 142 valence electrons. The molecule has 0 heterocycles. The van der Waals surface area contributed by atoms with Crippen molar-refractivity contribution in [3.05, 3.63) is 60.2 Å². The molecule has 0 saturated heterocycles. The van der Waals surface area contributed by atoms with Crippen molar-refractivity contribution in [3.8, 4) is 0 Å². The summed E-state index contributed by atoms with van der Waals surface area (Å²) in [6.07, 6.45) is 0.575. The first-order valence-electron chi connectivity index (χ1n) is 8.69. The highest BCUT2D eigenvalue weighted by molar-refractivity contribution is 8.00. The lowest BCUT2D eigenvalue weighted by Crippen LogP contribution is -2.34. The molecule has 0 aliphatic heterocycles. The van der Waals surface area contributed by atoms with Crippen molar-refractivity contribution < 1.29 is 13.5 Å². The molecule has 6 heteroatoms. The van der Waals surface area contributed by atoms with Gasteiger partial charge in [-0.3, -0.25) is 0 Å². The van der Waals surface area contributed by atoms with Gasteiger partial charge >= 0.3 is 0 Å². The van der Waals surface area contributed by atoms with Crippen LogP contribution in [0.3, 0.4) is 0 Å². The second kappa shape index (κ2) is 9.04. The Morgan fingerprint density at radius 2 is 1.69 bits per heavy atom. The van der Waals surface area contributed by atoms with E-state index in [1.807, 2.05) is 51.1 Å². The quantitative estimate of drug-likeness (QED) is 0.499. The lowest BCUT2D eigenvalue weighted by molar-refractivity contribution is 0.130. The van der Waals surface area contributed by atoms with Gasteiger partial charge in [0.2, 0.25) is 10.0 Å². The maximum atomic E-state index is 12.2. The summed E-state index contributed by atoms with van der Waals surface area (Å²) < 4.78 is 26.8. The molecular weight excluding hydrogens is 366 g/mol. The Hall–Kier alpha value is -1.34. The van der Waals surface area contributed by atoms with Crippen LogP contribution in [-0.2, 0) is 10.0 Å². The van der Waals surface area contributed by atoms with Crippen molar-refractivity contribution >= 4 is 21.8 Å². The van der Waals surface area contributed by atoms with Gasteiger partial charge in [0, 0.05) is 16.2 Å². The van der Waals surface area contributed by atoms with Crippen molar-refractivity contribution in [1.29, 1.82) is 0 Å². The van der Waals surface area contributed by atoms with Gasteiger partial charge in [0.05, 0.1) is 11.0 Å². The van der Waals surface area contributed by atoms with Crippen molar-refractivity contribution in [2.45, 2.75) is 54.3 Å². The molecule has 0 aliphatic carbocycles. The number of rotatable bonds is 9. The summed E-state index contributed by atoms with van der Waals surface area (Å²) in [6.45, 7) is 6.23. The molecule has 0 amide bonds. The number of sulfonamides is 1. The van der Waals surface area contributed by atoms with Gasteiger partial charge in [-0.15, -0.1) is 11.8 Å². The molecule has 0 aliphatic rings. The average Bonchev–Trinajstić information content (AvgIpc) is 2.59. The van der Waals surface area contributed by atoms with E-state index in [1.54, 1.807) is 36.0 Å². The Kier molecular flexibility index (Phi) is 7.29. The van der Waals surface area contributed by atoms with Crippen LogP contribution in [-0.4, -0.2) is 30.9 Å². The maximum absolute atomic E-state index is 12.2. The van der Waals surface area contributed by atoms with E-state index in [-0.39, 0.29) is 9.64 Å². The molecule has 0 saturated carbocycles. The zero-order chi connectivity index (χ0) is 19.2. The Morgan fingerprint density at radius 3 is 2.31 bits per heavy atom. The zero-order valence-electron chi connectivity index (χ0n) is 15.5. The molecule has 2 N–H and O–H groups in total. The summed E-state index contributed by atoms with van der Waals surface area (Å²) >= 11 is 1.63. The highest BCUT2D eigenvalue weighted by Gasteiger charge is 2.28. The number of hydrogen-bond acceptors (Lipinski definition) is 4. The van der Waals surface area contributed by atoms with E-state index in [2.05, 4.69) is 4.72 Å². The van der Waals surface area contributed by atoms with Crippen LogP contribution in [0.15, 0.2) is 64.4 Å². The van der Waals surface area contributed by atoms with E-state index in [0.717, 1.165) is 10.5 Å². The minimum Gasteiger partial charge on any atom is -0.392 e. The molecule has 0 spiro atoms. The Labute approximate surface area is 161 Å². The van der Waals surface area contributed by atoms with Crippen molar-refractivity contribution in [2.24, 2.45) is 0 Å². The fraction of sp³-hybridized carbons (Fsp3) is 0.400. The summed E-state index contributed by atoms with van der Waals surface area (Å²) in [5, 5.41) is 10.5. The van der Waals surface area contributed by atoms with Crippen LogP contribution in [0.1, 0.15) is 32.3 Å². The topological polar surface area (TPSA) is 66.4 Å². The first-order chi connectivity index (χ1) is 12.2. The third kappa shape index (κ3) is 6.13. The average molecular weight is 394 g/mol. The molecular formula is C20H27NO3S2. The molecule has 1 unspecified atom stereocenters. The molecule has 0 fully saturated rings. The van der Waals surface area contributed by atoms with E-state index in [0.29, 0.717) is 19.4 Å². The predicted octanol–water partition coefficient (Wildman–Crippen LogP) is 3.99. The van der Waals surface area contributed by atoms with Gasteiger partial charge < -0.3 is 5.11 Å². The van der Waals surface area contributed by atoms with Gasteiger partial charge in [-0.05, 0) is 57.9 Å². The van der Waals surface area contributed by atoms with Gasteiger partial charge in [-0.25, -0.2) is 13.1 Å². The lowest BCUT2D eigenvalue weighted by atomic mass is 10.0. The van der Waals surface area contributed by atoms with Crippen LogP contribution in [0, 0.1) is 6.92 Å². The first kappa shape index (κ1) is 21.0. The van der Waals surface area contributed by atoms with E-state index >= 15 is 0 Å². The third-order valence-corrected chi connectivity index (χ3v) is 6.99.